The van der Waals surface area contributed by atoms with Crippen LogP contribution in [0.5, 0.6) is 0 Å². The van der Waals surface area contributed by atoms with Crippen molar-refractivity contribution in [3.8, 4) is 11.1 Å². The SMILES string of the molecule is C=CC(=O)N1CCO[C@@H](c2cc(Cl)cc(-c3cncc(C(=O)NCC)c3)c2)C1. The molecule has 1 atom stereocenters. The molecule has 1 N–H and O–H groups in total. The highest BCUT2D eigenvalue weighted by atomic mass is 35.5. The van der Waals surface area contributed by atoms with Gasteiger partial charge >= 0.3 is 0 Å². The maximum absolute atomic E-state index is 12.1. The van der Waals surface area contributed by atoms with Crippen LogP contribution in [-0.4, -0.2) is 47.9 Å². The number of carbonyl (C=O) groups is 2. The van der Waals surface area contributed by atoms with Gasteiger partial charge in [-0.3, -0.25) is 14.6 Å². The van der Waals surface area contributed by atoms with Crippen molar-refractivity contribution >= 4 is 23.4 Å². The summed E-state index contributed by atoms with van der Waals surface area (Å²) in [6.07, 6.45) is 4.25. The standard InChI is InChI=1S/C21H22ClN3O3/c1-3-20(26)25-5-6-28-19(13-25)15-7-14(9-18(22)10-15)16-8-17(12-23-11-16)21(27)24-4-2/h3,7-12,19H,1,4-6,13H2,2H3,(H,24,27)/t19-/m1/s1. The van der Waals surface area contributed by atoms with E-state index in [1.165, 1.54) is 12.3 Å². The van der Waals surface area contributed by atoms with Crippen molar-refractivity contribution in [2.45, 2.75) is 13.0 Å². The third-order valence-corrected chi connectivity index (χ3v) is 4.73. The normalized spacial score (nSPS) is 16.5. The zero-order valence-corrected chi connectivity index (χ0v) is 16.4. The molecular weight excluding hydrogens is 378 g/mol. The van der Waals surface area contributed by atoms with Gasteiger partial charge in [0, 0.05) is 36.1 Å². The molecule has 28 heavy (non-hydrogen) atoms. The summed E-state index contributed by atoms with van der Waals surface area (Å²) in [5, 5.41) is 3.31. The summed E-state index contributed by atoms with van der Waals surface area (Å²) in [6, 6.07) is 7.39. The lowest BCUT2D eigenvalue weighted by molar-refractivity contribution is -0.133. The van der Waals surface area contributed by atoms with Gasteiger partial charge in [0.25, 0.3) is 5.91 Å². The zero-order valence-electron chi connectivity index (χ0n) is 15.7. The van der Waals surface area contributed by atoms with Crippen molar-refractivity contribution in [1.82, 2.24) is 15.2 Å². The van der Waals surface area contributed by atoms with Gasteiger partial charge in [-0.15, -0.1) is 0 Å². The van der Waals surface area contributed by atoms with Crippen LogP contribution in [0.25, 0.3) is 11.1 Å². The van der Waals surface area contributed by atoms with Crippen molar-refractivity contribution < 1.29 is 14.3 Å². The van der Waals surface area contributed by atoms with Gasteiger partial charge in [-0.2, -0.15) is 0 Å². The Labute approximate surface area is 169 Å². The Balaban J connectivity index is 1.90. The Morgan fingerprint density at radius 2 is 2.14 bits per heavy atom. The summed E-state index contributed by atoms with van der Waals surface area (Å²) in [4.78, 5) is 29.9. The molecule has 0 saturated carbocycles. The van der Waals surface area contributed by atoms with Gasteiger partial charge in [-0.25, -0.2) is 0 Å². The van der Waals surface area contributed by atoms with E-state index >= 15 is 0 Å². The molecule has 2 amide bonds. The smallest absolute Gasteiger partial charge is 0.252 e. The summed E-state index contributed by atoms with van der Waals surface area (Å²) in [6.45, 7) is 7.37. The van der Waals surface area contributed by atoms with E-state index in [9.17, 15) is 9.59 Å². The van der Waals surface area contributed by atoms with Crippen LogP contribution in [0.4, 0.5) is 0 Å². The van der Waals surface area contributed by atoms with Crippen LogP contribution >= 0.6 is 11.6 Å². The third kappa shape index (κ3) is 4.58. The fourth-order valence-corrected chi connectivity index (χ4v) is 3.37. The molecular formula is C21H22ClN3O3. The molecule has 2 heterocycles. The van der Waals surface area contributed by atoms with Crippen LogP contribution in [-0.2, 0) is 9.53 Å². The van der Waals surface area contributed by atoms with Crippen LogP contribution < -0.4 is 5.32 Å². The number of hydrogen-bond acceptors (Lipinski definition) is 4. The minimum Gasteiger partial charge on any atom is -0.370 e. The van der Waals surface area contributed by atoms with E-state index in [1.807, 2.05) is 25.1 Å². The molecule has 1 aliphatic heterocycles. The number of ether oxygens (including phenoxy) is 1. The molecule has 2 aromatic rings. The number of aromatic nitrogens is 1. The van der Waals surface area contributed by atoms with Gasteiger partial charge in [0.1, 0.15) is 6.10 Å². The highest BCUT2D eigenvalue weighted by molar-refractivity contribution is 6.31. The predicted molar refractivity (Wildman–Crippen MR) is 108 cm³/mol. The quantitative estimate of drug-likeness (QED) is 0.783. The Hall–Kier alpha value is -2.70. The number of benzene rings is 1. The number of rotatable bonds is 5. The molecule has 1 fully saturated rings. The molecule has 1 aliphatic rings. The molecule has 0 unspecified atom stereocenters. The fourth-order valence-electron chi connectivity index (χ4n) is 3.13. The first-order valence-corrected chi connectivity index (χ1v) is 9.46. The topological polar surface area (TPSA) is 71.5 Å². The number of amides is 2. The molecule has 6 nitrogen and oxygen atoms in total. The van der Waals surface area contributed by atoms with E-state index in [0.29, 0.717) is 36.8 Å². The summed E-state index contributed by atoms with van der Waals surface area (Å²) in [7, 11) is 0. The van der Waals surface area contributed by atoms with Crippen molar-refractivity contribution in [3.05, 3.63) is 65.5 Å². The van der Waals surface area contributed by atoms with Crippen LogP contribution in [0, 0.1) is 0 Å². The minimum atomic E-state index is -0.283. The summed E-state index contributed by atoms with van der Waals surface area (Å²) >= 11 is 6.35. The van der Waals surface area contributed by atoms with Crippen LogP contribution in [0.3, 0.4) is 0 Å². The van der Waals surface area contributed by atoms with E-state index < -0.39 is 0 Å². The Morgan fingerprint density at radius 3 is 2.89 bits per heavy atom. The number of halogens is 1. The maximum Gasteiger partial charge on any atom is 0.252 e. The van der Waals surface area contributed by atoms with Crippen molar-refractivity contribution in [2.75, 3.05) is 26.2 Å². The van der Waals surface area contributed by atoms with Gasteiger partial charge in [-0.05, 0) is 48.4 Å². The molecule has 1 aromatic heterocycles. The largest absolute Gasteiger partial charge is 0.370 e. The van der Waals surface area contributed by atoms with E-state index in [0.717, 1.165) is 16.7 Å². The van der Waals surface area contributed by atoms with Crippen molar-refractivity contribution in [1.29, 1.82) is 0 Å². The monoisotopic (exact) mass is 399 g/mol. The van der Waals surface area contributed by atoms with Crippen molar-refractivity contribution in [2.24, 2.45) is 0 Å². The molecule has 146 valence electrons. The van der Waals surface area contributed by atoms with E-state index in [1.54, 1.807) is 17.2 Å². The number of nitrogens with one attached hydrogen (secondary N) is 1. The van der Waals surface area contributed by atoms with E-state index in [-0.39, 0.29) is 17.9 Å². The van der Waals surface area contributed by atoms with Gasteiger partial charge in [0.15, 0.2) is 0 Å². The average molecular weight is 400 g/mol. The van der Waals surface area contributed by atoms with E-state index in [4.69, 9.17) is 16.3 Å². The van der Waals surface area contributed by atoms with Crippen molar-refractivity contribution in [3.63, 3.8) is 0 Å². The first-order valence-electron chi connectivity index (χ1n) is 9.09. The zero-order chi connectivity index (χ0) is 20.1. The molecule has 0 bridgehead atoms. The van der Waals surface area contributed by atoms with Crippen LogP contribution in [0.15, 0.2) is 49.3 Å². The highest BCUT2D eigenvalue weighted by Crippen LogP contribution is 2.31. The third-order valence-electron chi connectivity index (χ3n) is 4.52. The summed E-state index contributed by atoms with van der Waals surface area (Å²) < 4.78 is 5.86. The molecule has 0 aliphatic carbocycles. The number of pyridine rings is 1. The van der Waals surface area contributed by atoms with Gasteiger partial charge in [0.2, 0.25) is 5.91 Å². The number of morpholine rings is 1. The number of nitrogens with zero attached hydrogens (tertiary/aromatic N) is 2. The molecule has 3 rings (SSSR count). The Kier molecular flexibility index (Phi) is 6.44. The summed E-state index contributed by atoms with van der Waals surface area (Å²) in [5.74, 6) is -0.289. The average Bonchev–Trinajstić information content (AvgIpc) is 2.73. The van der Waals surface area contributed by atoms with Crippen LogP contribution in [0.1, 0.15) is 28.9 Å². The Morgan fingerprint density at radius 1 is 1.32 bits per heavy atom. The number of hydrogen-bond donors (Lipinski definition) is 1. The lowest BCUT2D eigenvalue weighted by Gasteiger charge is -2.32. The lowest BCUT2D eigenvalue weighted by atomic mass is 9.99. The summed E-state index contributed by atoms with van der Waals surface area (Å²) in [5.41, 5.74) is 2.96. The fraction of sp³-hybridized carbons (Fsp3) is 0.286. The highest BCUT2D eigenvalue weighted by Gasteiger charge is 2.25. The molecule has 7 heteroatoms. The van der Waals surface area contributed by atoms with Gasteiger partial charge in [-0.1, -0.05) is 18.2 Å². The van der Waals surface area contributed by atoms with E-state index in [2.05, 4.69) is 16.9 Å². The lowest BCUT2D eigenvalue weighted by Crippen LogP contribution is -2.41. The van der Waals surface area contributed by atoms with Crippen LogP contribution in [0.2, 0.25) is 5.02 Å². The second-order valence-electron chi connectivity index (χ2n) is 6.44. The minimum absolute atomic E-state index is 0.116. The number of carbonyl (C=O) groups excluding carboxylic acids is 2. The molecule has 1 saturated heterocycles. The van der Waals surface area contributed by atoms with Gasteiger partial charge < -0.3 is 15.0 Å². The molecule has 0 radical (unpaired) electrons. The maximum atomic E-state index is 12.1. The Bertz CT molecular complexity index is 900. The second kappa shape index (κ2) is 8.99. The first kappa shape index (κ1) is 20.0. The molecule has 0 spiro atoms. The van der Waals surface area contributed by atoms with Gasteiger partial charge in [0.05, 0.1) is 18.7 Å². The molecule has 1 aromatic carbocycles. The first-order chi connectivity index (χ1) is 13.5. The second-order valence-corrected chi connectivity index (χ2v) is 6.88. The predicted octanol–water partition coefficient (Wildman–Crippen LogP) is 3.24.